The van der Waals surface area contributed by atoms with Gasteiger partial charge in [-0.3, -0.25) is 24.0 Å². The zero-order valence-corrected chi connectivity index (χ0v) is 31.8. The van der Waals surface area contributed by atoms with Gasteiger partial charge in [-0.15, -0.1) is 6.58 Å². The van der Waals surface area contributed by atoms with Gasteiger partial charge in [0.2, 0.25) is 23.5 Å². The van der Waals surface area contributed by atoms with Crippen LogP contribution in [0.4, 0.5) is 4.79 Å². The van der Waals surface area contributed by atoms with Crippen LogP contribution in [0.3, 0.4) is 0 Å². The second-order valence-electron chi connectivity index (χ2n) is 18.3. The van der Waals surface area contributed by atoms with Crippen LogP contribution in [0, 0.1) is 34.0 Å². The standard InChI is InChI=1S/C38H62N6O6/c1-11-19-39-31(47)27(45)24(20-22-15-16-22)40-30(46)26-25-23(37(25,8)9)21-44(26)33(49)29(35(2,3)4)41-32(48)28(38(10)17-13-12-14-18-38)42-34(50)43-36(5,6)7/h11,22-26,28-29H,1,12-21H2,2-10H3,(H,39,47)(H,40,46)(H,41,48)(H2,42,43,50)/t23?,24?,25?,26-,28+,29+/m0/s1. The second kappa shape index (κ2) is 14.7. The summed E-state index contributed by atoms with van der Waals surface area (Å²) < 4.78 is 0. The van der Waals surface area contributed by atoms with Crippen molar-refractivity contribution < 1.29 is 28.8 Å². The van der Waals surface area contributed by atoms with E-state index in [4.69, 9.17) is 0 Å². The van der Waals surface area contributed by atoms with Gasteiger partial charge in [-0.1, -0.05) is 79.7 Å². The third kappa shape index (κ3) is 9.07. The third-order valence-electron chi connectivity index (χ3n) is 11.4. The Bertz CT molecular complexity index is 1350. The number of hydrogen-bond donors (Lipinski definition) is 5. The minimum absolute atomic E-state index is 0.0728. The van der Waals surface area contributed by atoms with Crippen LogP contribution < -0.4 is 26.6 Å². The first-order valence-electron chi connectivity index (χ1n) is 18.5. The predicted octanol–water partition coefficient (Wildman–Crippen LogP) is 3.59. The lowest BCUT2D eigenvalue weighted by Crippen LogP contribution is -2.65. The van der Waals surface area contributed by atoms with Crippen molar-refractivity contribution in [3.05, 3.63) is 12.7 Å². The fraction of sp³-hybridized carbons (Fsp3) is 0.789. The highest BCUT2D eigenvalue weighted by molar-refractivity contribution is 6.38. The van der Waals surface area contributed by atoms with Gasteiger partial charge in [-0.05, 0) is 74.0 Å². The second-order valence-corrected chi connectivity index (χ2v) is 18.3. The molecule has 280 valence electrons. The number of urea groups is 1. The van der Waals surface area contributed by atoms with Crippen molar-refractivity contribution in [2.45, 2.75) is 143 Å². The van der Waals surface area contributed by atoms with E-state index < -0.39 is 70.1 Å². The molecule has 3 saturated carbocycles. The number of ketones is 1. The number of piperidine rings is 1. The van der Waals surface area contributed by atoms with Crippen molar-refractivity contribution in [1.82, 2.24) is 31.5 Å². The van der Waals surface area contributed by atoms with E-state index in [1.807, 2.05) is 48.5 Å². The number of amides is 6. The molecule has 4 aliphatic rings. The first-order chi connectivity index (χ1) is 23.1. The number of rotatable bonds is 13. The molecule has 0 aromatic carbocycles. The Morgan fingerprint density at radius 2 is 1.52 bits per heavy atom. The molecular formula is C38H62N6O6. The molecule has 3 aliphatic carbocycles. The van der Waals surface area contributed by atoms with Crippen LogP contribution in [0.5, 0.6) is 0 Å². The summed E-state index contributed by atoms with van der Waals surface area (Å²) in [5.74, 6) is -2.57. The van der Waals surface area contributed by atoms with Crippen molar-refractivity contribution in [1.29, 1.82) is 0 Å². The molecule has 1 heterocycles. The van der Waals surface area contributed by atoms with E-state index in [0.29, 0.717) is 13.0 Å². The van der Waals surface area contributed by atoms with Gasteiger partial charge in [0.25, 0.3) is 5.91 Å². The first-order valence-corrected chi connectivity index (χ1v) is 18.5. The molecule has 12 heteroatoms. The van der Waals surface area contributed by atoms with Crippen LogP contribution in [0.25, 0.3) is 0 Å². The molecule has 3 unspecified atom stereocenters. The van der Waals surface area contributed by atoms with Gasteiger partial charge in [-0.25, -0.2) is 4.79 Å². The lowest BCUT2D eigenvalue weighted by Gasteiger charge is -2.42. The molecule has 12 nitrogen and oxygen atoms in total. The summed E-state index contributed by atoms with van der Waals surface area (Å²) in [6, 6.07) is -4.19. The maximum Gasteiger partial charge on any atom is 0.315 e. The highest BCUT2D eigenvalue weighted by Gasteiger charge is 2.70. The number of likely N-dealkylation sites (tertiary alicyclic amines) is 1. The number of fused-ring (bicyclic) bond motifs is 1. The number of carbonyl (C=O) groups is 6. The van der Waals surface area contributed by atoms with E-state index in [1.54, 1.807) is 4.90 Å². The summed E-state index contributed by atoms with van der Waals surface area (Å²) in [5.41, 5.74) is -1.96. The molecule has 6 amide bonds. The van der Waals surface area contributed by atoms with Crippen LogP contribution in [0.1, 0.15) is 114 Å². The number of hydrogen-bond acceptors (Lipinski definition) is 6. The molecular weight excluding hydrogens is 636 g/mol. The Morgan fingerprint density at radius 1 is 0.900 bits per heavy atom. The molecule has 4 fully saturated rings. The largest absolute Gasteiger partial charge is 0.346 e. The Kier molecular flexibility index (Phi) is 11.5. The van der Waals surface area contributed by atoms with Gasteiger partial charge in [0.1, 0.15) is 18.1 Å². The fourth-order valence-electron chi connectivity index (χ4n) is 8.15. The molecule has 6 atom stereocenters. The Labute approximate surface area is 298 Å². The van der Waals surface area contributed by atoms with Gasteiger partial charge < -0.3 is 31.5 Å². The summed E-state index contributed by atoms with van der Waals surface area (Å²) in [7, 11) is 0. The Hall–Kier alpha value is -3.44. The summed E-state index contributed by atoms with van der Waals surface area (Å²) in [6.45, 7) is 21.4. The van der Waals surface area contributed by atoms with E-state index >= 15 is 0 Å². The van der Waals surface area contributed by atoms with Gasteiger partial charge in [0.15, 0.2) is 0 Å². The molecule has 1 saturated heterocycles. The normalized spacial score (nSPS) is 25.5. The van der Waals surface area contributed by atoms with Crippen molar-refractivity contribution >= 4 is 35.4 Å². The predicted molar refractivity (Wildman–Crippen MR) is 192 cm³/mol. The van der Waals surface area contributed by atoms with E-state index in [9.17, 15) is 28.8 Å². The molecule has 0 bridgehead atoms. The Morgan fingerprint density at radius 3 is 2.06 bits per heavy atom. The fourth-order valence-corrected chi connectivity index (χ4v) is 8.15. The van der Waals surface area contributed by atoms with E-state index in [-0.39, 0.29) is 35.6 Å². The van der Waals surface area contributed by atoms with Crippen LogP contribution in [0.15, 0.2) is 12.7 Å². The monoisotopic (exact) mass is 698 g/mol. The smallest absolute Gasteiger partial charge is 0.315 e. The van der Waals surface area contributed by atoms with Crippen molar-refractivity contribution in [3.63, 3.8) is 0 Å². The van der Waals surface area contributed by atoms with Gasteiger partial charge >= 0.3 is 6.03 Å². The number of nitrogens with one attached hydrogen (secondary N) is 5. The molecule has 0 aromatic heterocycles. The summed E-state index contributed by atoms with van der Waals surface area (Å²) >= 11 is 0. The Balaban J connectivity index is 1.58. The highest BCUT2D eigenvalue weighted by atomic mass is 16.2. The van der Waals surface area contributed by atoms with Gasteiger partial charge in [-0.2, -0.15) is 0 Å². The number of Topliss-reactive ketones (excluding diaryl/α,β-unsaturated/α-hetero) is 1. The lowest BCUT2D eigenvalue weighted by atomic mass is 9.70. The molecule has 50 heavy (non-hydrogen) atoms. The molecule has 5 N–H and O–H groups in total. The summed E-state index contributed by atoms with van der Waals surface area (Å²) in [4.78, 5) is 83.6. The first kappa shape index (κ1) is 39.3. The number of carbonyl (C=O) groups excluding carboxylic acids is 6. The van der Waals surface area contributed by atoms with E-state index in [0.717, 1.165) is 44.9 Å². The maximum absolute atomic E-state index is 14.6. The van der Waals surface area contributed by atoms with Crippen LogP contribution in [-0.2, 0) is 24.0 Å². The molecule has 0 radical (unpaired) electrons. The van der Waals surface area contributed by atoms with Crippen LogP contribution >= 0.6 is 0 Å². The average Bonchev–Trinajstić information content (AvgIpc) is 3.86. The van der Waals surface area contributed by atoms with Crippen LogP contribution in [-0.4, -0.2) is 83.1 Å². The summed E-state index contributed by atoms with van der Waals surface area (Å²) in [5, 5.41) is 14.3. The molecule has 4 rings (SSSR count). The van der Waals surface area contributed by atoms with Gasteiger partial charge in [0, 0.05) is 18.6 Å². The topological polar surface area (TPSA) is 166 Å². The zero-order chi connectivity index (χ0) is 37.4. The van der Waals surface area contributed by atoms with Crippen molar-refractivity contribution in [2.75, 3.05) is 13.1 Å². The SMILES string of the molecule is C=CCNC(=O)C(=O)C(CC1CC1)NC(=O)[C@@H]1C2C(CN1C(=O)[C@@H](NC(=O)[C@@H](NC(=O)NC(C)(C)C)C1(C)CCCCC1)C(C)(C)C)C2(C)C. The summed E-state index contributed by atoms with van der Waals surface area (Å²) in [6.07, 6.45) is 8.16. The third-order valence-corrected chi connectivity index (χ3v) is 11.4. The minimum Gasteiger partial charge on any atom is -0.346 e. The zero-order valence-electron chi connectivity index (χ0n) is 31.8. The average molecular weight is 699 g/mol. The van der Waals surface area contributed by atoms with E-state index in [1.165, 1.54) is 6.08 Å². The minimum atomic E-state index is -1.00. The highest BCUT2D eigenvalue weighted by Crippen LogP contribution is 2.65. The molecule has 1 aliphatic heterocycles. The van der Waals surface area contributed by atoms with Crippen LogP contribution in [0.2, 0.25) is 0 Å². The molecule has 0 aromatic rings. The van der Waals surface area contributed by atoms with E-state index in [2.05, 4.69) is 47.0 Å². The molecule has 0 spiro atoms. The van der Waals surface area contributed by atoms with Gasteiger partial charge in [0.05, 0.1) is 6.04 Å². The quantitative estimate of drug-likeness (QED) is 0.146. The number of nitrogens with zero attached hydrogens (tertiary/aromatic N) is 1. The lowest BCUT2D eigenvalue weighted by molar-refractivity contribution is -0.147. The maximum atomic E-state index is 14.6. The van der Waals surface area contributed by atoms with Crippen molar-refractivity contribution in [3.8, 4) is 0 Å². The van der Waals surface area contributed by atoms with Crippen molar-refractivity contribution in [2.24, 2.45) is 34.0 Å².